The van der Waals surface area contributed by atoms with Gasteiger partial charge in [-0.2, -0.15) is 0 Å². The molecule has 0 amide bonds. The molecule has 94 valence electrons. The average molecular weight is 233 g/mol. The molecule has 3 heteroatoms. The Hall–Kier alpha value is -1.22. The number of nitrogens with one attached hydrogen (secondary N) is 1. The van der Waals surface area contributed by atoms with E-state index in [1.165, 1.54) is 30.6 Å². The van der Waals surface area contributed by atoms with Crippen molar-refractivity contribution in [1.82, 2.24) is 0 Å². The third kappa shape index (κ3) is 3.37. The molecule has 3 N–H and O–H groups in total. The molecule has 3 nitrogen and oxygen atoms in total. The summed E-state index contributed by atoms with van der Waals surface area (Å²) in [6.07, 6.45) is 4.75. The number of nitrogens with zero attached hydrogens (tertiary/aromatic N) is 1. The van der Waals surface area contributed by atoms with Crippen LogP contribution < -0.4 is 16.0 Å². The van der Waals surface area contributed by atoms with Gasteiger partial charge in [-0.05, 0) is 49.9 Å². The largest absolute Gasteiger partial charge is 0.382 e. The second-order valence-electron chi connectivity index (χ2n) is 5.21. The summed E-state index contributed by atoms with van der Waals surface area (Å²) >= 11 is 0. The molecule has 1 aromatic carbocycles. The summed E-state index contributed by atoms with van der Waals surface area (Å²) in [5.41, 5.74) is 8.43. The second-order valence-corrected chi connectivity index (χ2v) is 5.21. The number of nitrogens with two attached hydrogens (primary N) is 1. The van der Waals surface area contributed by atoms with E-state index in [0.29, 0.717) is 12.1 Å². The fourth-order valence-corrected chi connectivity index (χ4v) is 2.45. The van der Waals surface area contributed by atoms with E-state index in [4.69, 9.17) is 5.73 Å². The van der Waals surface area contributed by atoms with Gasteiger partial charge in [0, 0.05) is 37.6 Å². The molecule has 0 aliphatic heterocycles. The summed E-state index contributed by atoms with van der Waals surface area (Å²) in [6, 6.07) is 9.51. The highest BCUT2D eigenvalue weighted by atomic mass is 15.1. The number of rotatable bonds is 3. The summed E-state index contributed by atoms with van der Waals surface area (Å²) < 4.78 is 0. The molecule has 1 fully saturated rings. The van der Waals surface area contributed by atoms with Gasteiger partial charge in [-0.25, -0.2) is 0 Å². The van der Waals surface area contributed by atoms with Gasteiger partial charge in [-0.15, -0.1) is 0 Å². The van der Waals surface area contributed by atoms with Gasteiger partial charge in [-0.1, -0.05) is 0 Å². The molecule has 1 aromatic rings. The zero-order valence-corrected chi connectivity index (χ0v) is 10.8. The van der Waals surface area contributed by atoms with Crippen molar-refractivity contribution in [2.45, 2.75) is 37.8 Å². The molecule has 2 atom stereocenters. The van der Waals surface area contributed by atoms with Gasteiger partial charge in [-0.3, -0.25) is 0 Å². The predicted molar refractivity (Wildman–Crippen MR) is 74.6 cm³/mol. The van der Waals surface area contributed by atoms with Gasteiger partial charge in [0.05, 0.1) is 0 Å². The van der Waals surface area contributed by atoms with Crippen LogP contribution in [0.25, 0.3) is 0 Å². The zero-order chi connectivity index (χ0) is 12.3. The Kier molecular flexibility index (Phi) is 3.89. The third-order valence-electron chi connectivity index (χ3n) is 3.47. The number of hydrogen-bond donors (Lipinski definition) is 2. The summed E-state index contributed by atoms with van der Waals surface area (Å²) in [6.45, 7) is 0. The number of benzene rings is 1. The van der Waals surface area contributed by atoms with Crippen LogP contribution in [0.1, 0.15) is 25.7 Å². The van der Waals surface area contributed by atoms with Gasteiger partial charge in [0.1, 0.15) is 0 Å². The van der Waals surface area contributed by atoms with Gasteiger partial charge in [0.15, 0.2) is 0 Å². The topological polar surface area (TPSA) is 41.3 Å². The first-order valence-electron chi connectivity index (χ1n) is 6.44. The number of anilines is 2. The molecule has 0 bridgehead atoms. The molecule has 17 heavy (non-hydrogen) atoms. The maximum atomic E-state index is 6.00. The highest BCUT2D eigenvalue weighted by Gasteiger charge is 2.18. The predicted octanol–water partition coefficient (Wildman–Crippen LogP) is 2.43. The Morgan fingerprint density at radius 3 is 2.47 bits per heavy atom. The van der Waals surface area contributed by atoms with Crippen LogP contribution in [0.3, 0.4) is 0 Å². The van der Waals surface area contributed by atoms with Crippen LogP contribution in [0.4, 0.5) is 11.4 Å². The monoisotopic (exact) mass is 233 g/mol. The quantitative estimate of drug-likeness (QED) is 0.842. The first-order chi connectivity index (χ1) is 8.15. The Balaban J connectivity index is 1.94. The maximum absolute atomic E-state index is 6.00. The normalized spacial score (nSPS) is 24.4. The molecular formula is C14H23N3. The molecule has 1 aliphatic carbocycles. The fraction of sp³-hybridized carbons (Fsp3) is 0.571. The van der Waals surface area contributed by atoms with Crippen molar-refractivity contribution in [2.24, 2.45) is 5.73 Å². The molecule has 0 heterocycles. The van der Waals surface area contributed by atoms with E-state index in [9.17, 15) is 0 Å². The van der Waals surface area contributed by atoms with Crippen LogP contribution in [-0.4, -0.2) is 26.2 Å². The molecule has 0 saturated heterocycles. The number of hydrogen-bond acceptors (Lipinski definition) is 3. The lowest BCUT2D eigenvalue weighted by Crippen LogP contribution is -2.34. The fourth-order valence-electron chi connectivity index (χ4n) is 2.45. The molecule has 2 unspecified atom stereocenters. The van der Waals surface area contributed by atoms with Crippen LogP contribution in [0.5, 0.6) is 0 Å². The standard InChI is InChI=1S/C14H23N3/c1-17(2)14-8-6-12(7-9-14)16-13-5-3-4-11(15)10-13/h6-9,11,13,16H,3-5,10,15H2,1-2H3. The first-order valence-corrected chi connectivity index (χ1v) is 6.44. The van der Waals surface area contributed by atoms with Gasteiger partial charge >= 0.3 is 0 Å². The average Bonchev–Trinajstić information content (AvgIpc) is 2.29. The van der Waals surface area contributed by atoms with Crippen LogP contribution in [0.15, 0.2) is 24.3 Å². The Labute approximate surface area is 104 Å². The minimum Gasteiger partial charge on any atom is -0.382 e. The van der Waals surface area contributed by atoms with Gasteiger partial charge < -0.3 is 16.0 Å². The highest BCUT2D eigenvalue weighted by molar-refractivity contribution is 5.54. The maximum Gasteiger partial charge on any atom is 0.0362 e. The Morgan fingerprint density at radius 2 is 1.88 bits per heavy atom. The highest BCUT2D eigenvalue weighted by Crippen LogP contribution is 2.22. The van der Waals surface area contributed by atoms with Crippen LogP contribution in [0, 0.1) is 0 Å². The van der Waals surface area contributed by atoms with E-state index < -0.39 is 0 Å². The lowest BCUT2D eigenvalue weighted by molar-refractivity contribution is 0.409. The van der Waals surface area contributed by atoms with E-state index in [-0.39, 0.29) is 0 Å². The zero-order valence-electron chi connectivity index (χ0n) is 10.8. The van der Waals surface area contributed by atoms with E-state index in [2.05, 4.69) is 48.6 Å². The minimum atomic E-state index is 0.377. The van der Waals surface area contributed by atoms with Crippen molar-refractivity contribution in [3.8, 4) is 0 Å². The molecule has 1 saturated carbocycles. The first kappa shape index (κ1) is 12.2. The minimum absolute atomic E-state index is 0.377. The summed E-state index contributed by atoms with van der Waals surface area (Å²) in [5.74, 6) is 0. The molecule has 0 spiro atoms. The van der Waals surface area contributed by atoms with Gasteiger partial charge in [0.25, 0.3) is 0 Å². The lowest BCUT2D eigenvalue weighted by atomic mass is 9.91. The van der Waals surface area contributed by atoms with Crippen LogP contribution >= 0.6 is 0 Å². The van der Waals surface area contributed by atoms with E-state index in [1.807, 2.05) is 0 Å². The van der Waals surface area contributed by atoms with Crippen LogP contribution in [0.2, 0.25) is 0 Å². The summed E-state index contributed by atoms with van der Waals surface area (Å²) in [4.78, 5) is 2.11. The SMILES string of the molecule is CN(C)c1ccc(NC2CCCC(N)C2)cc1. The molecule has 2 rings (SSSR count). The summed E-state index contributed by atoms with van der Waals surface area (Å²) in [7, 11) is 4.12. The van der Waals surface area contributed by atoms with Crippen LogP contribution in [-0.2, 0) is 0 Å². The summed E-state index contributed by atoms with van der Waals surface area (Å²) in [5, 5.41) is 3.58. The Bertz CT molecular complexity index is 345. The van der Waals surface area contributed by atoms with Crippen molar-refractivity contribution in [2.75, 3.05) is 24.3 Å². The Morgan fingerprint density at radius 1 is 1.18 bits per heavy atom. The second kappa shape index (κ2) is 5.41. The third-order valence-corrected chi connectivity index (χ3v) is 3.47. The molecule has 0 aromatic heterocycles. The van der Waals surface area contributed by atoms with Crippen molar-refractivity contribution < 1.29 is 0 Å². The molecular weight excluding hydrogens is 210 g/mol. The van der Waals surface area contributed by atoms with Gasteiger partial charge in [0.2, 0.25) is 0 Å². The van der Waals surface area contributed by atoms with E-state index in [0.717, 1.165) is 6.42 Å². The molecule has 0 radical (unpaired) electrons. The lowest BCUT2D eigenvalue weighted by Gasteiger charge is -2.28. The smallest absolute Gasteiger partial charge is 0.0362 e. The van der Waals surface area contributed by atoms with E-state index >= 15 is 0 Å². The van der Waals surface area contributed by atoms with Crippen molar-refractivity contribution in [1.29, 1.82) is 0 Å². The van der Waals surface area contributed by atoms with Crippen molar-refractivity contribution >= 4 is 11.4 Å². The van der Waals surface area contributed by atoms with Crippen molar-refractivity contribution in [3.05, 3.63) is 24.3 Å². The van der Waals surface area contributed by atoms with E-state index in [1.54, 1.807) is 0 Å². The van der Waals surface area contributed by atoms with Crippen molar-refractivity contribution in [3.63, 3.8) is 0 Å². The molecule has 1 aliphatic rings.